The van der Waals surface area contributed by atoms with Gasteiger partial charge in [-0.3, -0.25) is 14.4 Å². The van der Waals surface area contributed by atoms with Crippen LogP contribution in [-0.2, 0) is 22.6 Å². The van der Waals surface area contributed by atoms with E-state index in [4.69, 9.17) is 0 Å². The number of carbonyl (C=O) groups excluding carboxylic acids is 3. The van der Waals surface area contributed by atoms with Crippen LogP contribution in [0.1, 0.15) is 34.6 Å². The summed E-state index contributed by atoms with van der Waals surface area (Å²) in [4.78, 5) is 44.5. The van der Waals surface area contributed by atoms with Gasteiger partial charge in [0.1, 0.15) is 17.1 Å². The van der Waals surface area contributed by atoms with Crippen LogP contribution in [0, 0.1) is 0 Å². The summed E-state index contributed by atoms with van der Waals surface area (Å²) in [6.45, 7) is 4.84. The number of amides is 3. The van der Waals surface area contributed by atoms with E-state index < -0.39 is 5.54 Å². The number of thiophene rings is 1. The molecule has 0 saturated heterocycles. The molecule has 0 fully saturated rings. The van der Waals surface area contributed by atoms with Crippen LogP contribution in [0.2, 0.25) is 0 Å². The van der Waals surface area contributed by atoms with E-state index in [1.54, 1.807) is 19.0 Å². The van der Waals surface area contributed by atoms with Crippen LogP contribution >= 0.6 is 11.3 Å². The third-order valence-electron chi connectivity index (χ3n) is 5.70. The summed E-state index contributed by atoms with van der Waals surface area (Å²) in [5.41, 5.74) is 1.73. The van der Waals surface area contributed by atoms with Crippen LogP contribution in [0.5, 0.6) is 0 Å². The number of fused-ring (bicyclic) bond motifs is 3. The van der Waals surface area contributed by atoms with Crippen LogP contribution in [0.4, 0.5) is 10.7 Å². The smallest absolute Gasteiger partial charge is 0.257 e. The van der Waals surface area contributed by atoms with Gasteiger partial charge in [-0.05, 0) is 38.0 Å². The zero-order chi connectivity index (χ0) is 21.6. The minimum atomic E-state index is -0.768. The van der Waals surface area contributed by atoms with Crippen molar-refractivity contribution < 1.29 is 14.4 Å². The summed E-state index contributed by atoms with van der Waals surface area (Å²) in [7, 11) is 3.37. The molecule has 3 amide bonds. The van der Waals surface area contributed by atoms with Gasteiger partial charge >= 0.3 is 0 Å². The van der Waals surface area contributed by atoms with Crippen molar-refractivity contribution in [3.05, 3.63) is 46.3 Å². The van der Waals surface area contributed by atoms with Crippen molar-refractivity contribution >= 4 is 39.7 Å². The Labute approximate surface area is 180 Å². The molecule has 2 aromatic rings. The Hall–Kier alpha value is -2.87. The highest BCUT2D eigenvalue weighted by Crippen LogP contribution is 2.41. The Morgan fingerprint density at radius 2 is 1.80 bits per heavy atom. The zero-order valence-corrected chi connectivity index (χ0v) is 18.5. The monoisotopic (exact) mass is 426 g/mol. The van der Waals surface area contributed by atoms with Gasteiger partial charge in [0, 0.05) is 31.2 Å². The van der Waals surface area contributed by atoms with Crippen LogP contribution in [0.15, 0.2) is 30.3 Å². The number of likely N-dealkylation sites (N-methyl/N-ethyl adjacent to an activating group) is 2. The van der Waals surface area contributed by atoms with Crippen molar-refractivity contribution in [2.24, 2.45) is 0 Å². The first-order chi connectivity index (χ1) is 14.2. The van der Waals surface area contributed by atoms with E-state index in [0.717, 1.165) is 16.1 Å². The number of hydrogen-bond acceptors (Lipinski definition) is 5. The first kappa shape index (κ1) is 20.4. The molecule has 1 aromatic heterocycles. The summed E-state index contributed by atoms with van der Waals surface area (Å²) in [5, 5.41) is 4.01. The second-order valence-electron chi connectivity index (χ2n) is 8.39. The molecule has 158 valence electrons. The Morgan fingerprint density at radius 3 is 2.50 bits per heavy atom. The molecule has 0 aliphatic carbocycles. The van der Waals surface area contributed by atoms with E-state index in [9.17, 15) is 14.4 Å². The lowest BCUT2D eigenvalue weighted by molar-refractivity contribution is -0.135. The van der Waals surface area contributed by atoms with Gasteiger partial charge in [-0.15, -0.1) is 11.3 Å². The molecule has 0 bridgehead atoms. The standard InChI is InChI=1S/C22H26N4O3S/c1-22(2,23-14-8-6-5-7-9-14)21(29)26-11-10-15-16(12-26)30-20-18(15)19(28)24(3)13-17(27)25(20)4/h5-9,23H,10-13H2,1-4H3. The number of carbonyl (C=O) groups is 3. The molecule has 4 rings (SSSR count). The molecule has 0 atom stereocenters. The summed E-state index contributed by atoms with van der Waals surface area (Å²) in [5.74, 6) is -0.219. The number of para-hydroxylation sites is 1. The lowest BCUT2D eigenvalue weighted by Gasteiger charge is -2.35. The van der Waals surface area contributed by atoms with Crippen molar-refractivity contribution in [1.29, 1.82) is 0 Å². The maximum Gasteiger partial charge on any atom is 0.257 e. The van der Waals surface area contributed by atoms with Gasteiger partial charge in [0.15, 0.2) is 0 Å². The van der Waals surface area contributed by atoms with E-state index in [2.05, 4.69) is 5.32 Å². The fourth-order valence-corrected chi connectivity index (χ4v) is 5.37. The van der Waals surface area contributed by atoms with E-state index in [-0.39, 0.29) is 24.3 Å². The SMILES string of the molecule is CN1CC(=O)N(C)c2sc3c(c2C1=O)CCN(C(=O)C(C)(C)Nc1ccccc1)C3. The molecule has 1 N–H and O–H groups in total. The van der Waals surface area contributed by atoms with Crippen LogP contribution in [0.25, 0.3) is 0 Å². The van der Waals surface area contributed by atoms with Crippen LogP contribution < -0.4 is 10.2 Å². The molecular formula is C22H26N4O3S. The number of anilines is 2. The van der Waals surface area contributed by atoms with Crippen LogP contribution in [-0.4, -0.2) is 60.2 Å². The minimum absolute atomic E-state index is 0.00785. The largest absolute Gasteiger partial charge is 0.372 e. The Morgan fingerprint density at radius 1 is 1.10 bits per heavy atom. The fourth-order valence-electron chi connectivity index (χ4n) is 4.04. The molecule has 7 nitrogen and oxygen atoms in total. The lowest BCUT2D eigenvalue weighted by Crippen LogP contribution is -2.51. The van der Waals surface area contributed by atoms with Gasteiger partial charge in [-0.2, -0.15) is 0 Å². The maximum absolute atomic E-state index is 13.3. The van der Waals surface area contributed by atoms with E-state index in [0.29, 0.717) is 30.1 Å². The predicted molar refractivity (Wildman–Crippen MR) is 118 cm³/mol. The average Bonchev–Trinajstić information content (AvgIpc) is 3.07. The van der Waals surface area contributed by atoms with Crippen LogP contribution in [0.3, 0.4) is 0 Å². The molecule has 1 aromatic carbocycles. The van der Waals surface area contributed by atoms with Crippen molar-refractivity contribution in [1.82, 2.24) is 9.80 Å². The summed E-state index contributed by atoms with van der Waals surface area (Å²) in [6, 6.07) is 9.68. The maximum atomic E-state index is 13.3. The Bertz CT molecular complexity index is 1010. The molecule has 0 saturated carbocycles. The van der Waals surface area contributed by atoms with Gasteiger partial charge in [-0.1, -0.05) is 18.2 Å². The Balaban J connectivity index is 1.59. The quantitative estimate of drug-likeness (QED) is 0.819. The molecule has 0 unspecified atom stereocenters. The van der Waals surface area contributed by atoms with E-state index in [1.807, 2.05) is 49.1 Å². The van der Waals surface area contributed by atoms with Gasteiger partial charge in [-0.25, -0.2) is 0 Å². The minimum Gasteiger partial charge on any atom is -0.372 e. The first-order valence-electron chi connectivity index (χ1n) is 9.98. The molecule has 2 aliphatic heterocycles. The number of hydrogen-bond donors (Lipinski definition) is 1. The van der Waals surface area contributed by atoms with Crippen molar-refractivity contribution in [2.75, 3.05) is 37.4 Å². The molecule has 0 radical (unpaired) electrons. The molecular weight excluding hydrogens is 400 g/mol. The second-order valence-corrected chi connectivity index (χ2v) is 9.47. The highest BCUT2D eigenvalue weighted by Gasteiger charge is 2.38. The number of rotatable bonds is 3. The van der Waals surface area contributed by atoms with Gasteiger partial charge in [0.2, 0.25) is 11.8 Å². The topological polar surface area (TPSA) is 73.0 Å². The molecule has 8 heteroatoms. The second kappa shape index (κ2) is 7.43. The lowest BCUT2D eigenvalue weighted by atomic mass is 9.98. The van der Waals surface area contributed by atoms with Gasteiger partial charge < -0.3 is 20.0 Å². The number of nitrogens with zero attached hydrogens (tertiary/aromatic N) is 3. The predicted octanol–water partition coefficient (Wildman–Crippen LogP) is 2.57. The molecule has 30 heavy (non-hydrogen) atoms. The highest BCUT2D eigenvalue weighted by molar-refractivity contribution is 7.17. The first-order valence-corrected chi connectivity index (χ1v) is 10.8. The average molecular weight is 427 g/mol. The molecule has 0 spiro atoms. The number of nitrogens with one attached hydrogen (secondary N) is 1. The summed E-state index contributed by atoms with van der Waals surface area (Å²) in [6.07, 6.45) is 0.607. The molecule has 3 heterocycles. The van der Waals surface area contributed by atoms with Gasteiger partial charge in [0.25, 0.3) is 5.91 Å². The Kier molecular flexibility index (Phi) is 5.05. The highest BCUT2D eigenvalue weighted by atomic mass is 32.1. The van der Waals surface area contributed by atoms with Crippen molar-refractivity contribution in [3.8, 4) is 0 Å². The van der Waals surface area contributed by atoms with E-state index >= 15 is 0 Å². The zero-order valence-electron chi connectivity index (χ0n) is 17.7. The third-order valence-corrected chi connectivity index (χ3v) is 7.00. The number of benzene rings is 1. The fraction of sp³-hybridized carbons (Fsp3) is 0.409. The van der Waals surface area contributed by atoms with E-state index in [1.165, 1.54) is 16.2 Å². The normalized spacial score (nSPS) is 16.9. The molecule has 2 aliphatic rings. The third kappa shape index (κ3) is 3.45. The summed E-state index contributed by atoms with van der Waals surface area (Å²) >= 11 is 1.45. The van der Waals surface area contributed by atoms with Gasteiger partial charge in [0.05, 0.1) is 12.1 Å². The van der Waals surface area contributed by atoms with Crippen molar-refractivity contribution in [2.45, 2.75) is 32.4 Å². The summed E-state index contributed by atoms with van der Waals surface area (Å²) < 4.78 is 0. The van der Waals surface area contributed by atoms with Crippen molar-refractivity contribution in [3.63, 3.8) is 0 Å².